The van der Waals surface area contributed by atoms with Gasteiger partial charge in [0.15, 0.2) is 11.9 Å². The summed E-state index contributed by atoms with van der Waals surface area (Å²) in [7, 11) is 0. The number of carbonyl (C=O) groups excluding carboxylic acids is 2. The van der Waals surface area contributed by atoms with Crippen LogP contribution in [0, 0.1) is 17.8 Å². The molecule has 0 aromatic rings. The minimum absolute atomic E-state index is 0.223. The minimum atomic E-state index is -1.03. The molecule has 0 saturated heterocycles. The first kappa shape index (κ1) is 15.5. The molecule has 3 aliphatic rings. The van der Waals surface area contributed by atoms with E-state index in [2.05, 4.69) is 13.0 Å². The zero-order valence-electron chi connectivity index (χ0n) is 13.0. The van der Waals surface area contributed by atoms with Crippen molar-refractivity contribution >= 4 is 11.9 Å². The average Bonchev–Trinajstić information content (AvgIpc) is 3.03. The van der Waals surface area contributed by atoms with Crippen molar-refractivity contribution in [1.29, 1.82) is 0 Å². The molecular weight excluding hydrogens is 284 g/mol. The number of ketones is 1. The van der Waals surface area contributed by atoms with Gasteiger partial charge in [-0.15, -0.1) is 0 Å². The van der Waals surface area contributed by atoms with Crippen molar-refractivity contribution in [2.75, 3.05) is 6.61 Å². The number of allylic oxidation sites excluding steroid dienone is 2. The van der Waals surface area contributed by atoms with Crippen molar-refractivity contribution < 1.29 is 24.2 Å². The molecule has 3 rings (SSSR count). The van der Waals surface area contributed by atoms with Gasteiger partial charge in [0.1, 0.15) is 0 Å². The molecule has 0 aliphatic heterocycles. The van der Waals surface area contributed by atoms with Crippen LogP contribution in [0.3, 0.4) is 0 Å². The van der Waals surface area contributed by atoms with E-state index in [0.29, 0.717) is 30.8 Å². The number of hydrogen-bond acceptors (Lipinski definition) is 5. The van der Waals surface area contributed by atoms with Crippen molar-refractivity contribution in [1.82, 2.24) is 0 Å². The van der Waals surface area contributed by atoms with E-state index in [0.717, 1.165) is 25.7 Å². The van der Waals surface area contributed by atoms with Crippen LogP contribution in [-0.4, -0.2) is 35.9 Å². The number of Topliss-reactive ketones (excluding diaryl/α,β-unsaturated/α-hetero) is 1. The lowest BCUT2D eigenvalue weighted by Gasteiger charge is -2.14. The fourth-order valence-corrected chi connectivity index (χ4v) is 3.89. The van der Waals surface area contributed by atoms with Gasteiger partial charge in [0, 0.05) is 6.42 Å². The lowest BCUT2D eigenvalue weighted by molar-refractivity contribution is -0.129. The molecule has 122 valence electrons. The van der Waals surface area contributed by atoms with E-state index >= 15 is 0 Å². The highest BCUT2D eigenvalue weighted by Crippen LogP contribution is 2.53. The molecule has 1 N–H and O–H groups in total. The van der Waals surface area contributed by atoms with Crippen LogP contribution in [0.4, 0.5) is 4.79 Å². The average molecular weight is 308 g/mol. The van der Waals surface area contributed by atoms with Gasteiger partial charge in [0.25, 0.3) is 0 Å². The second kappa shape index (κ2) is 6.41. The molecule has 22 heavy (non-hydrogen) atoms. The third-order valence-electron chi connectivity index (χ3n) is 5.34. The van der Waals surface area contributed by atoms with Gasteiger partial charge >= 0.3 is 6.16 Å². The standard InChI is InChI=1S/C17H24O5/c1-10-3-2-4-11-12(6-5-10)13(11)9-21-17(20)22-16-14(18)7-8-15(16)19/h3,11-14,16,18H,2,4-9H2,1H3/b10-3-. The first-order chi connectivity index (χ1) is 10.6. The summed E-state index contributed by atoms with van der Waals surface area (Å²) in [5, 5.41) is 9.59. The Balaban J connectivity index is 1.42. The number of aliphatic hydroxyl groups excluding tert-OH is 1. The van der Waals surface area contributed by atoms with Crippen molar-refractivity contribution in [3.63, 3.8) is 0 Å². The molecule has 0 heterocycles. The highest BCUT2D eigenvalue weighted by Gasteiger charge is 2.49. The summed E-state index contributed by atoms with van der Waals surface area (Å²) in [5.41, 5.74) is 1.46. The number of ether oxygens (including phenoxy) is 2. The lowest BCUT2D eigenvalue weighted by Crippen LogP contribution is -2.32. The summed E-state index contributed by atoms with van der Waals surface area (Å²) >= 11 is 0. The van der Waals surface area contributed by atoms with Gasteiger partial charge < -0.3 is 14.6 Å². The monoisotopic (exact) mass is 308 g/mol. The fourth-order valence-electron chi connectivity index (χ4n) is 3.89. The van der Waals surface area contributed by atoms with Crippen LogP contribution in [0.25, 0.3) is 0 Å². The van der Waals surface area contributed by atoms with E-state index in [4.69, 9.17) is 9.47 Å². The molecule has 0 aromatic carbocycles. The summed E-state index contributed by atoms with van der Waals surface area (Å²) in [5.74, 6) is 1.50. The minimum Gasteiger partial charge on any atom is -0.434 e. The summed E-state index contributed by atoms with van der Waals surface area (Å²) < 4.78 is 10.1. The smallest absolute Gasteiger partial charge is 0.434 e. The third-order valence-corrected chi connectivity index (χ3v) is 5.34. The molecule has 5 nitrogen and oxygen atoms in total. The number of aliphatic hydroxyl groups is 1. The summed E-state index contributed by atoms with van der Waals surface area (Å²) in [6, 6.07) is 0. The Morgan fingerprint density at radius 1 is 1.27 bits per heavy atom. The van der Waals surface area contributed by atoms with Gasteiger partial charge in [-0.2, -0.15) is 0 Å². The van der Waals surface area contributed by atoms with Crippen LogP contribution in [0.15, 0.2) is 11.6 Å². The summed E-state index contributed by atoms with van der Waals surface area (Å²) in [4.78, 5) is 23.2. The maximum atomic E-state index is 11.7. The maximum absolute atomic E-state index is 11.7. The largest absolute Gasteiger partial charge is 0.509 e. The predicted molar refractivity (Wildman–Crippen MR) is 79.2 cm³/mol. The highest BCUT2D eigenvalue weighted by atomic mass is 16.7. The maximum Gasteiger partial charge on any atom is 0.509 e. The van der Waals surface area contributed by atoms with Crippen LogP contribution in [0.1, 0.15) is 45.4 Å². The molecule has 0 aromatic heterocycles. The number of rotatable bonds is 3. The molecule has 0 bridgehead atoms. The third kappa shape index (κ3) is 3.35. The van der Waals surface area contributed by atoms with E-state index in [-0.39, 0.29) is 12.2 Å². The molecule has 3 aliphatic carbocycles. The molecule has 5 atom stereocenters. The van der Waals surface area contributed by atoms with Gasteiger partial charge in [-0.1, -0.05) is 11.6 Å². The SMILES string of the molecule is C/C1=C/CCC2C(CC1)C2COC(=O)OC1C(=O)CCC1O. The molecule has 0 radical (unpaired) electrons. The van der Waals surface area contributed by atoms with Gasteiger partial charge in [-0.3, -0.25) is 4.79 Å². The Kier molecular flexibility index (Phi) is 4.52. The van der Waals surface area contributed by atoms with E-state index in [1.165, 1.54) is 5.57 Å². The molecule has 2 fully saturated rings. The summed E-state index contributed by atoms with van der Waals surface area (Å²) in [6.07, 6.45) is 4.74. The van der Waals surface area contributed by atoms with Gasteiger partial charge in [0.05, 0.1) is 12.7 Å². The fraction of sp³-hybridized carbons (Fsp3) is 0.765. The second-order valence-electron chi connectivity index (χ2n) is 6.83. The molecule has 0 spiro atoms. The predicted octanol–water partition coefficient (Wildman–Crippen LogP) is 2.61. The van der Waals surface area contributed by atoms with Crippen molar-refractivity contribution in [2.45, 2.75) is 57.7 Å². The Morgan fingerprint density at radius 2 is 2.05 bits per heavy atom. The Labute approximate surface area is 130 Å². The lowest BCUT2D eigenvalue weighted by atomic mass is 10.0. The highest BCUT2D eigenvalue weighted by molar-refractivity contribution is 5.87. The van der Waals surface area contributed by atoms with Crippen molar-refractivity contribution in [3.8, 4) is 0 Å². The van der Waals surface area contributed by atoms with E-state index in [1.807, 2.05) is 0 Å². The van der Waals surface area contributed by atoms with Gasteiger partial charge in [-0.25, -0.2) is 4.79 Å². The van der Waals surface area contributed by atoms with E-state index in [9.17, 15) is 14.7 Å². The summed E-state index contributed by atoms with van der Waals surface area (Å²) in [6.45, 7) is 2.54. The van der Waals surface area contributed by atoms with Crippen LogP contribution in [0.5, 0.6) is 0 Å². The topological polar surface area (TPSA) is 72.8 Å². The Morgan fingerprint density at radius 3 is 2.77 bits per heavy atom. The van der Waals surface area contributed by atoms with Gasteiger partial charge in [-0.05, 0) is 56.8 Å². The molecule has 0 amide bonds. The first-order valence-corrected chi connectivity index (χ1v) is 8.26. The van der Waals surface area contributed by atoms with E-state index < -0.39 is 18.4 Å². The molecular formula is C17H24O5. The van der Waals surface area contributed by atoms with Crippen molar-refractivity contribution in [3.05, 3.63) is 11.6 Å². The second-order valence-corrected chi connectivity index (χ2v) is 6.83. The molecule has 5 heteroatoms. The number of hydrogen-bond donors (Lipinski definition) is 1. The van der Waals surface area contributed by atoms with Crippen LogP contribution in [0.2, 0.25) is 0 Å². The van der Waals surface area contributed by atoms with Gasteiger partial charge in [0.2, 0.25) is 0 Å². The zero-order valence-corrected chi connectivity index (χ0v) is 13.0. The first-order valence-electron chi connectivity index (χ1n) is 8.26. The Hall–Kier alpha value is -1.36. The Bertz CT molecular complexity index is 483. The quantitative estimate of drug-likeness (QED) is 0.641. The number of carbonyl (C=O) groups is 2. The molecule has 2 saturated carbocycles. The van der Waals surface area contributed by atoms with Crippen molar-refractivity contribution in [2.24, 2.45) is 17.8 Å². The number of fused-ring (bicyclic) bond motifs is 1. The van der Waals surface area contributed by atoms with Crippen LogP contribution < -0.4 is 0 Å². The molecule has 5 unspecified atom stereocenters. The van der Waals surface area contributed by atoms with E-state index in [1.54, 1.807) is 0 Å². The van der Waals surface area contributed by atoms with Crippen LogP contribution >= 0.6 is 0 Å². The zero-order chi connectivity index (χ0) is 15.7. The van der Waals surface area contributed by atoms with Crippen LogP contribution in [-0.2, 0) is 14.3 Å². The normalized spacial score (nSPS) is 40.0.